The number of pyridine rings is 1. The number of H-pyrrole nitrogens is 1. The smallest absolute Gasteiger partial charge is 0.421 e. The van der Waals surface area contributed by atoms with Crippen molar-refractivity contribution in [1.29, 1.82) is 0 Å². The molecule has 1 unspecified atom stereocenters. The molecule has 5 rings (SSSR count). The van der Waals surface area contributed by atoms with Gasteiger partial charge in [-0.15, -0.1) is 0 Å². The van der Waals surface area contributed by atoms with Gasteiger partial charge in [-0.1, -0.05) is 43.5 Å². The lowest BCUT2D eigenvalue weighted by Gasteiger charge is -2.43. The molecule has 0 bridgehead atoms. The standard InChI is InChI=1S/C26H30N2O6/c29-23-20(9-6-13-27-23)16-28-14-12-19(15-26(28)33-24(30)25(31)34-26)21-10-4-5-11-22(21)32-17-18-7-2-1-3-8-18/h4-6,9-11,13,18-19H,1-3,7-8,12,14-17H2,(H,27,29). The number of benzene rings is 1. The van der Waals surface area contributed by atoms with Crippen LogP contribution in [0.1, 0.15) is 62.0 Å². The van der Waals surface area contributed by atoms with Crippen LogP contribution >= 0.6 is 0 Å². The SMILES string of the molecule is O=C1OC2(CC(c3ccccc3OCC3CCCCC3)CCN2Cc2ccc[nH]c2=O)OC1=O. The number of aromatic nitrogens is 1. The summed E-state index contributed by atoms with van der Waals surface area (Å²) in [6, 6.07) is 11.4. The number of nitrogens with one attached hydrogen (secondary N) is 1. The van der Waals surface area contributed by atoms with Gasteiger partial charge in [-0.25, -0.2) is 14.5 Å². The molecule has 1 atom stereocenters. The van der Waals surface area contributed by atoms with Crippen LogP contribution in [0, 0.1) is 5.92 Å². The molecule has 180 valence electrons. The van der Waals surface area contributed by atoms with Gasteiger partial charge in [-0.3, -0.25) is 4.79 Å². The van der Waals surface area contributed by atoms with Crippen molar-refractivity contribution in [2.45, 2.75) is 63.3 Å². The molecule has 34 heavy (non-hydrogen) atoms. The largest absolute Gasteiger partial charge is 0.493 e. The Morgan fingerprint density at radius 3 is 2.50 bits per heavy atom. The molecule has 3 heterocycles. The van der Waals surface area contributed by atoms with Crippen LogP contribution in [0.15, 0.2) is 47.4 Å². The van der Waals surface area contributed by atoms with Gasteiger partial charge in [0.1, 0.15) is 5.75 Å². The van der Waals surface area contributed by atoms with E-state index >= 15 is 0 Å². The molecule has 2 aromatic rings. The first-order valence-corrected chi connectivity index (χ1v) is 12.1. The van der Waals surface area contributed by atoms with Gasteiger partial charge >= 0.3 is 17.8 Å². The number of hydrogen-bond donors (Lipinski definition) is 1. The van der Waals surface area contributed by atoms with Crippen LogP contribution in [0.2, 0.25) is 0 Å². The van der Waals surface area contributed by atoms with Crippen molar-refractivity contribution >= 4 is 11.9 Å². The molecule has 2 saturated heterocycles. The minimum absolute atomic E-state index is 0.0356. The van der Waals surface area contributed by atoms with Crippen molar-refractivity contribution < 1.29 is 23.8 Å². The topological polar surface area (TPSA) is 97.9 Å². The zero-order valence-corrected chi connectivity index (χ0v) is 19.2. The third-order valence-corrected chi connectivity index (χ3v) is 7.22. The molecule has 8 heteroatoms. The Hall–Kier alpha value is -3.13. The van der Waals surface area contributed by atoms with E-state index in [1.807, 2.05) is 24.3 Å². The second kappa shape index (κ2) is 9.62. The average molecular weight is 467 g/mol. The number of aromatic amines is 1. The average Bonchev–Trinajstić information content (AvgIpc) is 3.14. The summed E-state index contributed by atoms with van der Waals surface area (Å²) in [4.78, 5) is 40.8. The van der Waals surface area contributed by atoms with E-state index in [4.69, 9.17) is 14.2 Å². The van der Waals surface area contributed by atoms with E-state index in [-0.39, 0.29) is 24.4 Å². The first-order valence-electron chi connectivity index (χ1n) is 12.1. The van der Waals surface area contributed by atoms with Gasteiger partial charge in [0.15, 0.2) is 0 Å². The van der Waals surface area contributed by atoms with Crippen LogP contribution in [-0.4, -0.2) is 40.9 Å². The fourth-order valence-electron chi connectivity index (χ4n) is 5.39. The van der Waals surface area contributed by atoms with E-state index in [0.29, 0.717) is 24.6 Å². The summed E-state index contributed by atoms with van der Waals surface area (Å²) < 4.78 is 17.4. The second-order valence-corrected chi connectivity index (χ2v) is 9.48. The lowest BCUT2D eigenvalue weighted by atomic mass is 9.86. The Bertz CT molecular complexity index is 1090. The quantitative estimate of drug-likeness (QED) is 0.514. The molecule has 1 aromatic heterocycles. The van der Waals surface area contributed by atoms with Gasteiger partial charge in [0.05, 0.1) is 6.61 Å². The molecule has 2 aliphatic heterocycles. The van der Waals surface area contributed by atoms with E-state index in [1.54, 1.807) is 23.2 Å². The monoisotopic (exact) mass is 466 g/mol. The molecule has 3 fully saturated rings. The Kier molecular flexibility index (Phi) is 6.41. The predicted octanol–water partition coefficient (Wildman–Crippen LogP) is 3.47. The zero-order valence-electron chi connectivity index (χ0n) is 19.2. The molecule has 1 aliphatic carbocycles. The van der Waals surface area contributed by atoms with Crippen LogP contribution in [0.25, 0.3) is 0 Å². The predicted molar refractivity (Wildman–Crippen MR) is 123 cm³/mol. The highest BCUT2D eigenvalue weighted by Gasteiger charge is 2.56. The van der Waals surface area contributed by atoms with Gasteiger partial charge in [0, 0.05) is 31.3 Å². The second-order valence-electron chi connectivity index (χ2n) is 9.48. The summed E-state index contributed by atoms with van der Waals surface area (Å²) in [6.45, 7) is 1.38. The Morgan fingerprint density at radius 2 is 1.74 bits per heavy atom. The summed E-state index contributed by atoms with van der Waals surface area (Å²) in [7, 11) is 0. The van der Waals surface area contributed by atoms with E-state index in [1.165, 1.54) is 32.1 Å². The lowest BCUT2D eigenvalue weighted by Crippen LogP contribution is -2.54. The first kappa shape index (κ1) is 22.7. The maximum absolute atomic E-state index is 12.2. The molecular weight excluding hydrogens is 436 g/mol. The van der Waals surface area contributed by atoms with Crippen molar-refractivity contribution in [2.24, 2.45) is 5.92 Å². The molecule has 0 radical (unpaired) electrons. The van der Waals surface area contributed by atoms with E-state index < -0.39 is 17.8 Å². The Balaban J connectivity index is 1.37. The van der Waals surface area contributed by atoms with Crippen molar-refractivity contribution in [3.8, 4) is 5.75 Å². The number of ether oxygens (including phenoxy) is 3. The number of carbonyl (C=O) groups is 2. The first-order chi connectivity index (χ1) is 16.5. The summed E-state index contributed by atoms with van der Waals surface area (Å²) in [5.74, 6) is -2.17. The molecule has 1 saturated carbocycles. The number of carbonyl (C=O) groups excluding carboxylic acids is 2. The third-order valence-electron chi connectivity index (χ3n) is 7.22. The van der Waals surface area contributed by atoms with Crippen molar-refractivity contribution in [3.63, 3.8) is 0 Å². The lowest BCUT2D eigenvalue weighted by molar-refractivity contribution is -0.269. The number of likely N-dealkylation sites (tertiary alicyclic amines) is 1. The third kappa shape index (κ3) is 4.59. The van der Waals surface area contributed by atoms with Gasteiger partial charge in [-0.2, -0.15) is 0 Å². The van der Waals surface area contributed by atoms with Gasteiger partial charge < -0.3 is 19.2 Å². The van der Waals surface area contributed by atoms with Crippen LogP contribution in [0.4, 0.5) is 0 Å². The van der Waals surface area contributed by atoms with Crippen LogP contribution in [0.3, 0.4) is 0 Å². The molecule has 0 amide bonds. The number of nitrogens with zero attached hydrogens (tertiary/aromatic N) is 1. The highest BCUT2D eigenvalue weighted by Crippen LogP contribution is 2.44. The minimum atomic E-state index is -1.53. The molecule has 3 aliphatic rings. The maximum atomic E-state index is 12.2. The summed E-state index contributed by atoms with van der Waals surface area (Å²) in [5, 5.41) is 0. The Morgan fingerprint density at radius 1 is 0.971 bits per heavy atom. The number of esters is 2. The molecule has 8 nitrogen and oxygen atoms in total. The molecular formula is C26H30N2O6. The Labute approximate surface area is 198 Å². The number of para-hydroxylation sites is 1. The van der Waals surface area contributed by atoms with Crippen molar-refractivity contribution in [3.05, 3.63) is 64.1 Å². The highest BCUT2D eigenvalue weighted by atomic mass is 16.8. The van der Waals surface area contributed by atoms with E-state index in [0.717, 1.165) is 17.7 Å². The van der Waals surface area contributed by atoms with E-state index in [9.17, 15) is 14.4 Å². The normalized spacial score (nSPS) is 23.0. The number of hydrogen-bond acceptors (Lipinski definition) is 7. The molecule has 1 N–H and O–H groups in total. The fourth-order valence-corrected chi connectivity index (χ4v) is 5.39. The number of piperidine rings is 1. The highest BCUT2D eigenvalue weighted by molar-refractivity contribution is 6.31. The fraction of sp³-hybridized carbons (Fsp3) is 0.500. The number of rotatable bonds is 6. The van der Waals surface area contributed by atoms with Crippen molar-refractivity contribution in [2.75, 3.05) is 13.2 Å². The van der Waals surface area contributed by atoms with Gasteiger partial charge in [0.25, 0.3) is 5.56 Å². The van der Waals surface area contributed by atoms with Crippen LogP contribution in [0.5, 0.6) is 5.75 Å². The minimum Gasteiger partial charge on any atom is -0.493 e. The maximum Gasteiger partial charge on any atom is 0.421 e. The summed E-state index contributed by atoms with van der Waals surface area (Å²) in [6.07, 6.45) is 8.82. The summed E-state index contributed by atoms with van der Waals surface area (Å²) in [5.41, 5.74) is 1.31. The summed E-state index contributed by atoms with van der Waals surface area (Å²) >= 11 is 0. The zero-order chi connectivity index (χ0) is 23.5. The van der Waals surface area contributed by atoms with Gasteiger partial charge in [-0.05, 0) is 48.8 Å². The van der Waals surface area contributed by atoms with Crippen LogP contribution < -0.4 is 10.3 Å². The van der Waals surface area contributed by atoms with Crippen LogP contribution in [-0.2, 0) is 25.6 Å². The van der Waals surface area contributed by atoms with Crippen molar-refractivity contribution in [1.82, 2.24) is 9.88 Å². The molecule has 1 aromatic carbocycles. The van der Waals surface area contributed by atoms with Gasteiger partial charge in [0.2, 0.25) is 0 Å². The molecule has 1 spiro atoms. The van der Waals surface area contributed by atoms with E-state index in [2.05, 4.69) is 4.98 Å².